The highest BCUT2D eigenvalue weighted by Crippen LogP contribution is 2.27. The van der Waals surface area contributed by atoms with Crippen LogP contribution in [0, 0.1) is 6.92 Å². The average molecular weight is 314 g/mol. The standard InChI is InChI=1S/C13H17Cl2N5/c1-8-5-10(15)11(6-9(8)14)20-12(17-18-19-20)7-16-13(2,3)4/h5-6,16H,7H2,1-4H3. The fourth-order valence-electron chi connectivity index (χ4n) is 1.65. The van der Waals surface area contributed by atoms with Gasteiger partial charge in [0.05, 0.1) is 17.3 Å². The lowest BCUT2D eigenvalue weighted by Gasteiger charge is -2.20. The minimum Gasteiger partial charge on any atom is -0.305 e. The topological polar surface area (TPSA) is 55.6 Å². The number of halogens is 2. The Morgan fingerprint density at radius 2 is 1.90 bits per heavy atom. The normalized spacial score (nSPS) is 11.9. The van der Waals surface area contributed by atoms with E-state index in [9.17, 15) is 0 Å². The first kappa shape index (κ1) is 15.2. The molecule has 0 aliphatic rings. The SMILES string of the molecule is Cc1cc(Cl)c(-n2nnnc2CNC(C)(C)C)cc1Cl. The van der Waals surface area contributed by atoms with Gasteiger partial charge in [-0.15, -0.1) is 5.10 Å². The monoisotopic (exact) mass is 313 g/mol. The maximum absolute atomic E-state index is 6.26. The number of nitrogens with one attached hydrogen (secondary N) is 1. The fraction of sp³-hybridized carbons (Fsp3) is 0.462. The van der Waals surface area contributed by atoms with E-state index in [2.05, 4.69) is 41.6 Å². The van der Waals surface area contributed by atoms with Crippen molar-refractivity contribution in [2.45, 2.75) is 39.8 Å². The molecular formula is C13H17Cl2N5. The van der Waals surface area contributed by atoms with Crippen LogP contribution in [-0.2, 0) is 6.54 Å². The maximum atomic E-state index is 6.26. The van der Waals surface area contributed by atoms with Gasteiger partial charge in [-0.1, -0.05) is 23.2 Å². The molecule has 0 spiro atoms. The molecule has 1 aromatic carbocycles. The summed E-state index contributed by atoms with van der Waals surface area (Å²) in [6.45, 7) is 8.68. The lowest BCUT2D eigenvalue weighted by atomic mass is 10.1. The Hall–Kier alpha value is -1.17. The van der Waals surface area contributed by atoms with Crippen molar-refractivity contribution in [3.8, 4) is 5.69 Å². The largest absolute Gasteiger partial charge is 0.305 e. The van der Waals surface area contributed by atoms with Crippen LogP contribution in [0.5, 0.6) is 0 Å². The molecule has 0 unspecified atom stereocenters. The van der Waals surface area contributed by atoms with Crippen molar-refractivity contribution in [3.05, 3.63) is 33.6 Å². The lowest BCUT2D eigenvalue weighted by Crippen LogP contribution is -2.36. The molecule has 0 bridgehead atoms. The minimum absolute atomic E-state index is 0.0223. The molecule has 1 N–H and O–H groups in total. The van der Waals surface area contributed by atoms with Crippen LogP contribution in [0.2, 0.25) is 10.0 Å². The van der Waals surface area contributed by atoms with Crippen molar-refractivity contribution in [3.63, 3.8) is 0 Å². The molecule has 108 valence electrons. The number of benzene rings is 1. The second-order valence-electron chi connectivity index (χ2n) is 5.66. The Balaban J connectivity index is 2.35. The van der Waals surface area contributed by atoms with Crippen molar-refractivity contribution in [1.29, 1.82) is 0 Å². The smallest absolute Gasteiger partial charge is 0.170 e. The number of nitrogens with zero attached hydrogens (tertiary/aromatic N) is 4. The van der Waals surface area contributed by atoms with Gasteiger partial charge in [0.15, 0.2) is 5.82 Å². The molecule has 0 saturated carbocycles. The van der Waals surface area contributed by atoms with Gasteiger partial charge < -0.3 is 5.32 Å². The summed E-state index contributed by atoms with van der Waals surface area (Å²) in [5, 5.41) is 16.3. The zero-order valence-corrected chi connectivity index (χ0v) is 13.4. The highest BCUT2D eigenvalue weighted by Gasteiger charge is 2.16. The van der Waals surface area contributed by atoms with Crippen LogP contribution >= 0.6 is 23.2 Å². The van der Waals surface area contributed by atoms with E-state index >= 15 is 0 Å². The van der Waals surface area contributed by atoms with Crippen molar-refractivity contribution < 1.29 is 0 Å². The minimum atomic E-state index is -0.0223. The van der Waals surface area contributed by atoms with Gasteiger partial charge in [0.1, 0.15) is 0 Å². The Morgan fingerprint density at radius 1 is 1.20 bits per heavy atom. The summed E-state index contributed by atoms with van der Waals surface area (Å²) < 4.78 is 1.60. The van der Waals surface area contributed by atoms with Crippen LogP contribution in [0.1, 0.15) is 32.2 Å². The highest BCUT2D eigenvalue weighted by atomic mass is 35.5. The Morgan fingerprint density at radius 3 is 2.55 bits per heavy atom. The molecule has 0 fully saturated rings. The predicted molar refractivity (Wildman–Crippen MR) is 80.5 cm³/mol. The molecule has 20 heavy (non-hydrogen) atoms. The van der Waals surface area contributed by atoms with E-state index in [-0.39, 0.29) is 5.54 Å². The summed E-state index contributed by atoms with van der Waals surface area (Å²) >= 11 is 12.4. The molecule has 5 nitrogen and oxygen atoms in total. The van der Waals surface area contributed by atoms with E-state index in [0.717, 1.165) is 5.56 Å². The zero-order valence-electron chi connectivity index (χ0n) is 11.9. The summed E-state index contributed by atoms with van der Waals surface area (Å²) in [7, 11) is 0. The third-order valence-electron chi connectivity index (χ3n) is 2.77. The number of hydrogen-bond donors (Lipinski definition) is 1. The average Bonchev–Trinajstić information content (AvgIpc) is 2.78. The summed E-state index contributed by atoms with van der Waals surface area (Å²) in [6.07, 6.45) is 0. The van der Waals surface area contributed by atoms with E-state index in [1.54, 1.807) is 10.7 Å². The van der Waals surface area contributed by atoms with Gasteiger partial charge in [-0.3, -0.25) is 0 Å². The van der Waals surface area contributed by atoms with Crippen LogP contribution in [0.15, 0.2) is 12.1 Å². The Kier molecular flexibility index (Phi) is 4.32. The molecule has 0 aliphatic carbocycles. The first-order chi connectivity index (χ1) is 9.28. The first-order valence-corrected chi connectivity index (χ1v) is 7.02. The van der Waals surface area contributed by atoms with Crippen molar-refractivity contribution >= 4 is 23.2 Å². The quantitative estimate of drug-likeness (QED) is 0.945. The summed E-state index contributed by atoms with van der Waals surface area (Å²) in [4.78, 5) is 0. The molecule has 0 atom stereocenters. The molecule has 2 aromatic rings. The second kappa shape index (κ2) is 5.68. The number of aromatic nitrogens is 4. The van der Waals surface area contributed by atoms with Gasteiger partial charge in [-0.2, -0.15) is 4.68 Å². The number of aryl methyl sites for hydroxylation is 1. The number of rotatable bonds is 3. The van der Waals surface area contributed by atoms with Gasteiger partial charge in [-0.05, 0) is 55.8 Å². The predicted octanol–water partition coefficient (Wildman–Crippen LogP) is 3.17. The molecule has 7 heteroatoms. The number of tetrazole rings is 1. The first-order valence-electron chi connectivity index (χ1n) is 6.26. The molecular weight excluding hydrogens is 297 g/mol. The van der Waals surface area contributed by atoms with Gasteiger partial charge in [0.25, 0.3) is 0 Å². The van der Waals surface area contributed by atoms with E-state index in [4.69, 9.17) is 23.2 Å². The highest BCUT2D eigenvalue weighted by molar-refractivity contribution is 6.35. The van der Waals surface area contributed by atoms with Gasteiger partial charge in [0, 0.05) is 10.6 Å². The van der Waals surface area contributed by atoms with Crippen LogP contribution in [0.3, 0.4) is 0 Å². The third-order valence-corrected chi connectivity index (χ3v) is 3.48. The molecule has 0 aliphatic heterocycles. The van der Waals surface area contributed by atoms with Crippen LogP contribution in [0.25, 0.3) is 5.69 Å². The van der Waals surface area contributed by atoms with Crippen LogP contribution in [-0.4, -0.2) is 25.7 Å². The molecule has 0 radical (unpaired) electrons. The second-order valence-corrected chi connectivity index (χ2v) is 6.48. The Labute approximate surface area is 128 Å². The molecule has 2 rings (SSSR count). The zero-order chi connectivity index (χ0) is 14.9. The molecule has 1 heterocycles. The van der Waals surface area contributed by atoms with E-state index in [1.165, 1.54) is 0 Å². The Bertz CT molecular complexity index is 616. The summed E-state index contributed by atoms with van der Waals surface area (Å²) in [5.74, 6) is 0.682. The summed E-state index contributed by atoms with van der Waals surface area (Å²) in [6, 6.07) is 3.58. The van der Waals surface area contributed by atoms with E-state index < -0.39 is 0 Å². The van der Waals surface area contributed by atoms with Crippen molar-refractivity contribution in [1.82, 2.24) is 25.5 Å². The molecule has 1 aromatic heterocycles. The maximum Gasteiger partial charge on any atom is 0.170 e. The van der Waals surface area contributed by atoms with Gasteiger partial charge in [-0.25, -0.2) is 0 Å². The van der Waals surface area contributed by atoms with E-state index in [1.807, 2.05) is 13.0 Å². The van der Waals surface area contributed by atoms with Crippen LogP contribution in [0.4, 0.5) is 0 Å². The van der Waals surface area contributed by atoms with E-state index in [0.29, 0.717) is 28.1 Å². The van der Waals surface area contributed by atoms with Gasteiger partial charge in [0.2, 0.25) is 0 Å². The van der Waals surface area contributed by atoms with Gasteiger partial charge >= 0.3 is 0 Å². The molecule has 0 amide bonds. The van der Waals surface area contributed by atoms with Crippen molar-refractivity contribution in [2.24, 2.45) is 0 Å². The fourth-order valence-corrected chi connectivity index (χ4v) is 2.10. The van der Waals surface area contributed by atoms with Crippen LogP contribution < -0.4 is 5.32 Å². The lowest BCUT2D eigenvalue weighted by molar-refractivity contribution is 0.415. The van der Waals surface area contributed by atoms with Crippen molar-refractivity contribution in [2.75, 3.05) is 0 Å². The molecule has 0 saturated heterocycles. The summed E-state index contributed by atoms with van der Waals surface area (Å²) in [5.41, 5.74) is 1.58. The third kappa shape index (κ3) is 3.48. The number of hydrogen-bond acceptors (Lipinski definition) is 4.